The van der Waals surface area contributed by atoms with Crippen LogP contribution in [-0.2, 0) is 17.8 Å². The van der Waals surface area contributed by atoms with Gasteiger partial charge in [-0.15, -0.1) is 0 Å². The molecule has 140 valence electrons. The Labute approximate surface area is 159 Å². The average Bonchev–Trinajstić information content (AvgIpc) is 3.18. The fourth-order valence-electron chi connectivity index (χ4n) is 2.85. The number of anilines is 1. The minimum Gasteiger partial charge on any atom is -0.375 e. The Morgan fingerprint density at radius 2 is 2.31 bits per heavy atom. The van der Waals surface area contributed by atoms with E-state index in [1.807, 2.05) is 12.3 Å². The van der Waals surface area contributed by atoms with Gasteiger partial charge in [-0.2, -0.15) is 11.3 Å². The van der Waals surface area contributed by atoms with Crippen molar-refractivity contribution in [2.24, 2.45) is 4.99 Å². The lowest BCUT2D eigenvalue weighted by Crippen LogP contribution is -2.41. The van der Waals surface area contributed by atoms with Gasteiger partial charge in [0.2, 0.25) is 0 Å². The number of guanidine groups is 1. The second-order valence-electron chi connectivity index (χ2n) is 6.33. The molecule has 1 unspecified atom stereocenters. The predicted octanol–water partition coefficient (Wildman–Crippen LogP) is 2.62. The summed E-state index contributed by atoms with van der Waals surface area (Å²) in [5.41, 5.74) is 2.43. The van der Waals surface area contributed by atoms with Crippen LogP contribution in [0.4, 0.5) is 5.82 Å². The van der Waals surface area contributed by atoms with Crippen LogP contribution >= 0.6 is 11.3 Å². The van der Waals surface area contributed by atoms with E-state index in [0.29, 0.717) is 13.1 Å². The van der Waals surface area contributed by atoms with Gasteiger partial charge in [0.15, 0.2) is 5.96 Å². The van der Waals surface area contributed by atoms with Gasteiger partial charge in [0.1, 0.15) is 5.82 Å². The number of pyridine rings is 1. The average molecular weight is 374 g/mol. The van der Waals surface area contributed by atoms with E-state index in [1.165, 1.54) is 11.1 Å². The van der Waals surface area contributed by atoms with Gasteiger partial charge in [0.05, 0.1) is 19.3 Å². The molecule has 1 aliphatic rings. The SMILES string of the molecule is CCNC(=NCc1ccsc1)NCc1ccnc(N2CCOC(C)C2)c1. The van der Waals surface area contributed by atoms with E-state index < -0.39 is 0 Å². The van der Waals surface area contributed by atoms with E-state index >= 15 is 0 Å². The molecule has 0 aromatic carbocycles. The van der Waals surface area contributed by atoms with Gasteiger partial charge in [-0.05, 0) is 53.9 Å². The Balaban J connectivity index is 1.60. The third-order valence-electron chi connectivity index (χ3n) is 4.18. The number of rotatable bonds is 6. The van der Waals surface area contributed by atoms with E-state index in [2.05, 4.69) is 62.3 Å². The summed E-state index contributed by atoms with van der Waals surface area (Å²) in [6.45, 7) is 8.94. The fraction of sp³-hybridized carbons (Fsp3) is 0.474. The Kier molecular flexibility index (Phi) is 6.85. The molecule has 2 aromatic heterocycles. The highest BCUT2D eigenvalue weighted by Gasteiger charge is 2.18. The molecule has 0 amide bonds. The van der Waals surface area contributed by atoms with Crippen LogP contribution < -0.4 is 15.5 Å². The van der Waals surface area contributed by atoms with Crippen LogP contribution in [0.1, 0.15) is 25.0 Å². The van der Waals surface area contributed by atoms with Gasteiger partial charge in [0, 0.05) is 32.4 Å². The van der Waals surface area contributed by atoms with Gasteiger partial charge in [-0.1, -0.05) is 0 Å². The normalized spacial score (nSPS) is 18.0. The molecule has 26 heavy (non-hydrogen) atoms. The van der Waals surface area contributed by atoms with E-state index in [9.17, 15) is 0 Å². The lowest BCUT2D eigenvalue weighted by Gasteiger charge is -2.32. The summed E-state index contributed by atoms with van der Waals surface area (Å²) in [5, 5.41) is 10.9. The number of aliphatic imine (C=N–C) groups is 1. The topological polar surface area (TPSA) is 61.8 Å². The summed E-state index contributed by atoms with van der Waals surface area (Å²) in [6, 6.07) is 6.30. The first-order valence-electron chi connectivity index (χ1n) is 9.09. The number of morpholine rings is 1. The Morgan fingerprint density at radius 1 is 1.38 bits per heavy atom. The maximum absolute atomic E-state index is 5.62. The Morgan fingerprint density at radius 3 is 3.08 bits per heavy atom. The van der Waals surface area contributed by atoms with E-state index in [1.54, 1.807) is 11.3 Å². The van der Waals surface area contributed by atoms with Crippen molar-refractivity contribution in [2.75, 3.05) is 31.1 Å². The fourth-order valence-corrected chi connectivity index (χ4v) is 3.51. The van der Waals surface area contributed by atoms with Crippen molar-refractivity contribution < 1.29 is 4.74 Å². The first kappa shape index (κ1) is 18.7. The van der Waals surface area contributed by atoms with Crippen molar-refractivity contribution >= 4 is 23.1 Å². The van der Waals surface area contributed by atoms with Crippen LogP contribution in [0.2, 0.25) is 0 Å². The van der Waals surface area contributed by atoms with Crippen molar-refractivity contribution in [3.05, 3.63) is 46.3 Å². The lowest BCUT2D eigenvalue weighted by molar-refractivity contribution is 0.0529. The second kappa shape index (κ2) is 9.54. The highest BCUT2D eigenvalue weighted by atomic mass is 32.1. The van der Waals surface area contributed by atoms with Crippen molar-refractivity contribution in [1.29, 1.82) is 0 Å². The summed E-state index contributed by atoms with van der Waals surface area (Å²) in [4.78, 5) is 11.5. The minimum atomic E-state index is 0.247. The molecule has 1 saturated heterocycles. The third-order valence-corrected chi connectivity index (χ3v) is 4.91. The van der Waals surface area contributed by atoms with Crippen LogP contribution in [0.15, 0.2) is 40.1 Å². The van der Waals surface area contributed by atoms with Crippen LogP contribution in [0.5, 0.6) is 0 Å². The summed E-state index contributed by atoms with van der Waals surface area (Å²) >= 11 is 1.70. The quantitative estimate of drug-likeness (QED) is 0.602. The van der Waals surface area contributed by atoms with Crippen LogP contribution in [0, 0.1) is 0 Å². The van der Waals surface area contributed by atoms with Crippen molar-refractivity contribution in [1.82, 2.24) is 15.6 Å². The lowest BCUT2D eigenvalue weighted by atomic mass is 10.2. The predicted molar refractivity (Wildman–Crippen MR) is 108 cm³/mol. The molecule has 1 atom stereocenters. The molecule has 3 rings (SSSR count). The smallest absolute Gasteiger partial charge is 0.191 e. The molecule has 0 radical (unpaired) electrons. The molecule has 6 nitrogen and oxygen atoms in total. The molecule has 3 heterocycles. The number of aromatic nitrogens is 1. The standard InChI is InChI=1S/C19H27N5OS/c1-3-20-19(23-12-17-5-9-26-14-17)22-11-16-4-6-21-18(10-16)24-7-8-25-15(2)13-24/h4-6,9-10,14-15H,3,7-8,11-13H2,1-2H3,(H2,20,22,23). The molecule has 1 fully saturated rings. The zero-order valence-electron chi connectivity index (χ0n) is 15.4. The molecule has 0 bridgehead atoms. The Bertz CT molecular complexity index is 704. The summed E-state index contributed by atoms with van der Waals surface area (Å²) in [6.07, 6.45) is 2.12. The summed E-state index contributed by atoms with van der Waals surface area (Å²) in [7, 11) is 0. The summed E-state index contributed by atoms with van der Waals surface area (Å²) < 4.78 is 5.62. The van der Waals surface area contributed by atoms with Crippen molar-refractivity contribution in [3.63, 3.8) is 0 Å². The molecule has 2 N–H and O–H groups in total. The molecule has 0 aliphatic carbocycles. The molecular formula is C19H27N5OS. The zero-order valence-corrected chi connectivity index (χ0v) is 16.3. The maximum Gasteiger partial charge on any atom is 0.191 e. The maximum atomic E-state index is 5.62. The number of hydrogen-bond acceptors (Lipinski definition) is 5. The first-order chi connectivity index (χ1) is 12.7. The largest absolute Gasteiger partial charge is 0.375 e. The molecule has 0 saturated carbocycles. The number of nitrogens with one attached hydrogen (secondary N) is 2. The highest BCUT2D eigenvalue weighted by molar-refractivity contribution is 7.07. The van der Waals surface area contributed by atoms with Gasteiger partial charge < -0.3 is 20.3 Å². The molecule has 7 heteroatoms. The molecule has 1 aliphatic heterocycles. The van der Waals surface area contributed by atoms with Crippen LogP contribution in [0.25, 0.3) is 0 Å². The van der Waals surface area contributed by atoms with Gasteiger partial charge in [-0.25, -0.2) is 9.98 Å². The third kappa shape index (κ3) is 5.44. The molecule has 0 spiro atoms. The number of hydrogen-bond donors (Lipinski definition) is 2. The van der Waals surface area contributed by atoms with Gasteiger partial charge >= 0.3 is 0 Å². The Hall–Kier alpha value is -2.12. The van der Waals surface area contributed by atoms with Gasteiger partial charge in [0.25, 0.3) is 0 Å². The number of thiophene rings is 1. The molecular weight excluding hydrogens is 346 g/mol. The second-order valence-corrected chi connectivity index (χ2v) is 7.11. The zero-order chi connectivity index (χ0) is 18.2. The molecule has 2 aromatic rings. The van der Waals surface area contributed by atoms with E-state index in [4.69, 9.17) is 4.74 Å². The van der Waals surface area contributed by atoms with Crippen molar-refractivity contribution in [2.45, 2.75) is 33.0 Å². The van der Waals surface area contributed by atoms with E-state index in [-0.39, 0.29) is 6.10 Å². The van der Waals surface area contributed by atoms with E-state index in [0.717, 1.165) is 38.0 Å². The van der Waals surface area contributed by atoms with Gasteiger partial charge in [-0.3, -0.25) is 0 Å². The first-order valence-corrected chi connectivity index (χ1v) is 10.0. The van der Waals surface area contributed by atoms with Crippen molar-refractivity contribution in [3.8, 4) is 0 Å². The monoisotopic (exact) mass is 373 g/mol. The number of nitrogens with zero attached hydrogens (tertiary/aromatic N) is 3. The highest BCUT2D eigenvalue weighted by Crippen LogP contribution is 2.16. The number of ether oxygens (including phenoxy) is 1. The summed E-state index contributed by atoms with van der Waals surface area (Å²) in [5.74, 6) is 1.84. The van der Waals surface area contributed by atoms with Crippen LogP contribution in [-0.4, -0.2) is 43.3 Å². The minimum absolute atomic E-state index is 0.247. The van der Waals surface area contributed by atoms with Crippen LogP contribution in [0.3, 0.4) is 0 Å².